The van der Waals surface area contributed by atoms with E-state index < -0.39 is 18.0 Å². The minimum atomic E-state index is -0.574. The van der Waals surface area contributed by atoms with Crippen LogP contribution in [-0.2, 0) is 33.3 Å². The Kier molecular flexibility index (Phi) is 10.9. The lowest BCUT2D eigenvalue weighted by molar-refractivity contribution is -0.150. The Hall–Kier alpha value is -2.84. The molecule has 0 saturated heterocycles. The van der Waals surface area contributed by atoms with Gasteiger partial charge < -0.3 is 24.3 Å². The van der Waals surface area contributed by atoms with Crippen LogP contribution in [0.4, 0.5) is 4.79 Å². The average Bonchev–Trinajstić information content (AvgIpc) is 2.71. The normalized spacial score (nSPS) is 21.5. The zero-order chi connectivity index (χ0) is 24.2. The van der Waals surface area contributed by atoms with Crippen molar-refractivity contribution < 1.29 is 38.1 Å². The van der Waals surface area contributed by atoms with Crippen molar-refractivity contribution in [3.05, 3.63) is 25.3 Å². The maximum atomic E-state index is 12.1. The van der Waals surface area contributed by atoms with Gasteiger partial charge in [-0.2, -0.15) is 0 Å². The van der Waals surface area contributed by atoms with E-state index in [4.69, 9.17) is 18.9 Å². The number of esters is 3. The first-order chi connectivity index (χ1) is 15.0. The lowest BCUT2D eigenvalue weighted by atomic mass is 9.61. The maximum absolute atomic E-state index is 12.1. The monoisotopic (exact) mass is 453 g/mol. The molecular weight excluding hydrogens is 418 g/mol. The van der Waals surface area contributed by atoms with E-state index in [1.54, 1.807) is 0 Å². The SMILES string of the molecule is C=CC(=O)OCCOC(=O)CCC1(C)CC(NC(=O)OCCOC(=O)C=C)CC(C)(C)C1. The van der Waals surface area contributed by atoms with Crippen molar-refractivity contribution in [1.82, 2.24) is 5.32 Å². The van der Waals surface area contributed by atoms with E-state index in [1.807, 2.05) is 0 Å². The van der Waals surface area contributed by atoms with Crippen molar-refractivity contribution in [3.8, 4) is 0 Å². The summed E-state index contributed by atoms with van der Waals surface area (Å²) in [6, 6.07) is -0.110. The number of hydrogen-bond donors (Lipinski definition) is 1. The minimum Gasteiger partial charge on any atom is -0.462 e. The van der Waals surface area contributed by atoms with Crippen molar-refractivity contribution in [1.29, 1.82) is 0 Å². The van der Waals surface area contributed by atoms with Gasteiger partial charge in [0.15, 0.2) is 0 Å². The standard InChI is InChI=1S/C23H35NO8/c1-6-18(25)29-10-11-31-20(27)8-9-23(5)15-17(14-22(3,4)16-23)24-21(28)32-13-12-30-19(26)7-2/h6-7,17H,1-2,8-16H2,3-5H3,(H,24,28). The molecule has 180 valence electrons. The molecule has 9 heteroatoms. The second-order valence-corrected chi connectivity index (χ2v) is 9.00. The summed E-state index contributed by atoms with van der Waals surface area (Å²) in [5.41, 5.74) is -0.208. The molecule has 0 aromatic heterocycles. The molecule has 2 atom stereocenters. The first-order valence-corrected chi connectivity index (χ1v) is 10.7. The van der Waals surface area contributed by atoms with Crippen LogP contribution in [0.3, 0.4) is 0 Å². The van der Waals surface area contributed by atoms with E-state index in [0.29, 0.717) is 12.8 Å². The summed E-state index contributed by atoms with van der Waals surface area (Å²) in [6.07, 6.45) is 4.72. The Labute approximate surface area is 189 Å². The highest BCUT2D eigenvalue weighted by atomic mass is 16.6. The second kappa shape index (κ2) is 12.9. The van der Waals surface area contributed by atoms with E-state index in [1.165, 1.54) is 0 Å². The Balaban J connectivity index is 2.46. The van der Waals surface area contributed by atoms with Gasteiger partial charge in [0.1, 0.15) is 26.4 Å². The molecule has 0 bridgehead atoms. The third-order valence-electron chi connectivity index (χ3n) is 5.18. The van der Waals surface area contributed by atoms with Gasteiger partial charge in [0.2, 0.25) is 0 Å². The van der Waals surface area contributed by atoms with Gasteiger partial charge in [-0.05, 0) is 36.5 Å². The van der Waals surface area contributed by atoms with E-state index in [9.17, 15) is 19.2 Å². The zero-order valence-corrected chi connectivity index (χ0v) is 19.3. The smallest absolute Gasteiger partial charge is 0.407 e. The Bertz CT molecular complexity index is 702. The highest BCUT2D eigenvalue weighted by Crippen LogP contribution is 2.48. The van der Waals surface area contributed by atoms with Crippen molar-refractivity contribution in [3.63, 3.8) is 0 Å². The van der Waals surface area contributed by atoms with Gasteiger partial charge in [-0.25, -0.2) is 14.4 Å². The number of nitrogens with one attached hydrogen (secondary N) is 1. The summed E-state index contributed by atoms with van der Waals surface area (Å²) in [5.74, 6) is -1.50. The van der Waals surface area contributed by atoms with Crippen LogP contribution in [0.1, 0.15) is 52.9 Å². The quantitative estimate of drug-likeness (QED) is 0.207. The maximum Gasteiger partial charge on any atom is 0.407 e. The molecule has 9 nitrogen and oxygen atoms in total. The number of hydrogen-bond acceptors (Lipinski definition) is 8. The summed E-state index contributed by atoms with van der Waals surface area (Å²) in [6.45, 7) is 12.8. The molecule has 2 unspecified atom stereocenters. The molecule has 1 saturated carbocycles. The molecule has 1 fully saturated rings. The molecule has 32 heavy (non-hydrogen) atoms. The largest absolute Gasteiger partial charge is 0.462 e. The molecule has 1 aliphatic carbocycles. The molecule has 0 radical (unpaired) electrons. The van der Waals surface area contributed by atoms with Gasteiger partial charge in [-0.15, -0.1) is 0 Å². The van der Waals surface area contributed by atoms with E-state index >= 15 is 0 Å². The molecule has 1 N–H and O–H groups in total. The lowest BCUT2D eigenvalue weighted by Gasteiger charge is -2.46. The van der Waals surface area contributed by atoms with Crippen molar-refractivity contribution in [2.45, 2.75) is 58.9 Å². The van der Waals surface area contributed by atoms with Crippen LogP contribution in [0.2, 0.25) is 0 Å². The first kappa shape index (κ1) is 27.2. The number of rotatable bonds is 12. The number of amides is 1. The highest BCUT2D eigenvalue weighted by molar-refractivity contribution is 5.81. The van der Waals surface area contributed by atoms with E-state index in [2.05, 4.69) is 39.2 Å². The fourth-order valence-corrected chi connectivity index (χ4v) is 4.30. The van der Waals surface area contributed by atoms with E-state index in [0.717, 1.165) is 25.0 Å². The van der Waals surface area contributed by atoms with Crippen LogP contribution in [0.5, 0.6) is 0 Å². The molecule has 1 aliphatic rings. The number of ether oxygens (including phenoxy) is 4. The molecule has 1 rings (SSSR count). The summed E-state index contributed by atoms with van der Waals surface area (Å²) in [5, 5.41) is 2.88. The second-order valence-electron chi connectivity index (χ2n) is 9.00. The summed E-state index contributed by atoms with van der Waals surface area (Å²) >= 11 is 0. The molecule has 0 aliphatic heterocycles. The van der Waals surface area contributed by atoms with E-state index in [-0.39, 0.29) is 55.7 Å². The predicted molar refractivity (Wildman–Crippen MR) is 117 cm³/mol. The van der Waals surface area contributed by atoms with Crippen LogP contribution < -0.4 is 5.32 Å². The number of carbonyl (C=O) groups is 4. The Morgan fingerprint density at radius 2 is 1.41 bits per heavy atom. The lowest BCUT2D eigenvalue weighted by Crippen LogP contribution is -2.47. The molecule has 0 aromatic carbocycles. The van der Waals surface area contributed by atoms with Gasteiger partial charge in [-0.1, -0.05) is 33.9 Å². The first-order valence-electron chi connectivity index (χ1n) is 10.7. The van der Waals surface area contributed by atoms with Crippen molar-refractivity contribution in [2.24, 2.45) is 10.8 Å². The van der Waals surface area contributed by atoms with Crippen LogP contribution in [0.25, 0.3) is 0 Å². The van der Waals surface area contributed by atoms with Crippen LogP contribution in [-0.4, -0.2) is 56.5 Å². The van der Waals surface area contributed by atoms with Gasteiger partial charge >= 0.3 is 24.0 Å². The average molecular weight is 454 g/mol. The van der Waals surface area contributed by atoms with Crippen molar-refractivity contribution in [2.75, 3.05) is 26.4 Å². The third kappa shape index (κ3) is 11.0. The summed E-state index contributed by atoms with van der Waals surface area (Å²) < 4.78 is 19.7. The molecular formula is C23H35NO8. The highest BCUT2D eigenvalue weighted by Gasteiger charge is 2.41. The summed E-state index contributed by atoms with van der Waals surface area (Å²) in [4.78, 5) is 46.1. The Morgan fingerprint density at radius 1 is 0.875 bits per heavy atom. The van der Waals surface area contributed by atoms with Gasteiger partial charge in [0.05, 0.1) is 0 Å². The molecule has 0 heterocycles. The van der Waals surface area contributed by atoms with Gasteiger partial charge in [0, 0.05) is 24.6 Å². The van der Waals surface area contributed by atoms with Crippen LogP contribution >= 0.6 is 0 Å². The number of carbonyl (C=O) groups excluding carboxylic acids is 4. The zero-order valence-electron chi connectivity index (χ0n) is 19.3. The van der Waals surface area contributed by atoms with Gasteiger partial charge in [-0.3, -0.25) is 4.79 Å². The van der Waals surface area contributed by atoms with Gasteiger partial charge in [0.25, 0.3) is 0 Å². The predicted octanol–water partition coefficient (Wildman–Crippen LogP) is 3.08. The topological polar surface area (TPSA) is 117 Å². The van der Waals surface area contributed by atoms with Crippen LogP contribution in [0.15, 0.2) is 25.3 Å². The van der Waals surface area contributed by atoms with Crippen LogP contribution in [0, 0.1) is 10.8 Å². The molecule has 0 spiro atoms. The Morgan fingerprint density at radius 3 is 1.97 bits per heavy atom. The fourth-order valence-electron chi connectivity index (χ4n) is 4.30. The third-order valence-corrected chi connectivity index (χ3v) is 5.18. The van der Waals surface area contributed by atoms with Crippen molar-refractivity contribution >= 4 is 24.0 Å². The molecule has 1 amide bonds. The minimum absolute atomic E-state index is 0.00124. The fraction of sp³-hybridized carbons (Fsp3) is 0.652. The number of alkyl carbamates (subject to hydrolysis) is 1. The molecule has 0 aromatic rings. The summed E-state index contributed by atoms with van der Waals surface area (Å²) in [7, 11) is 0.